The molecule has 3 aromatic rings. The fourth-order valence-electron chi connectivity index (χ4n) is 4.24. The lowest BCUT2D eigenvalue weighted by atomic mass is 9.96. The molecule has 1 fully saturated rings. The molecule has 1 aliphatic heterocycles. The van der Waals surface area contributed by atoms with Crippen molar-refractivity contribution in [1.82, 2.24) is 9.55 Å². The number of aliphatic hydroxyl groups excluding tert-OH is 1. The second-order valence-corrected chi connectivity index (χ2v) is 10.8. The van der Waals surface area contributed by atoms with Crippen LogP contribution < -0.4 is 11.2 Å². The molecule has 0 aliphatic carbocycles. The molecule has 1 aliphatic rings. The number of benzene rings is 2. The van der Waals surface area contributed by atoms with Gasteiger partial charge in [-0.25, -0.2) is 4.79 Å². The first-order valence-corrected chi connectivity index (χ1v) is 13.7. The summed E-state index contributed by atoms with van der Waals surface area (Å²) in [4.78, 5) is 26.8. The van der Waals surface area contributed by atoms with E-state index in [1.807, 2.05) is 60.7 Å². The van der Waals surface area contributed by atoms with Gasteiger partial charge in [0.15, 0.2) is 6.23 Å². The van der Waals surface area contributed by atoms with E-state index in [-0.39, 0.29) is 25.4 Å². The zero-order chi connectivity index (χ0) is 27.3. The summed E-state index contributed by atoms with van der Waals surface area (Å²) in [5, 5.41) is 11.4. The smallest absolute Gasteiger partial charge is 0.330 e. The lowest BCUT2D eigenvalue weighted by Gasteiger charge is -2.33. The summed E-state index contributed by atoms with van der Waals surface area (Å²) in [5.74, 6) is 0. The van der Waals surface area contributed by atoms with E-state index < -0.39 is 52.0 Å². The van der Waals surface area contributed by atoms with Crippen LogP contribution in [0.2, 0.25) is 0 Å². The number of ether oxygens (including phenoxy) is 3. The van der Waals surface area contributed by atoms with E-state index in [2.05, 4.69) is 4.98 Å². The van der Waals surface area contributed by atoms with Crippen LogP contribution in [0, 0.1) is 6.92 Å². The number of aryl methyl sites for hydroxylation is 1. The Morgan fingerprint density at radius 2 is 1.61 bits per heavy atom. The van der Waals surface area contributed by atoms with Crippen molar-refractivity contribution in [2.75, 3.05) is 19.5 Å². The molecule has 204 valence electrons. The topological polar surface area (TPSA) is 146 Å². The minimum Gasteiger partial charge on any atom is -0.386 e. The molecule has 38 heavy (non-hydrogen) atoms. The number of hydrogen-bond donors (Lipinski definition) is 2. The number of hydrogen-bond acceptors (Lipinski definition) is 9. The summed E-state index contributed by atoms with van der Waals surface area (Å²) in [6, 6.07) is 18.4. The molecule has 1 saturated heterocycles. The normalized spacial score (nSPS) is 23.5. The Labute approximate surface area is 219 Å². The van der Waals surface area contributed by atoms with Crippen molar-refractivity contribution in [1.29, 1.82) is 0 Å². The molecule has 1 aromatic heterocycles. The van der Waals surface area contributed by atoms with Crippen LogP contribution in [0.3, 0.4) is 0 Å². The van der Waals surface area contributed by atoms with E-state index in [1.165, 1.54) is 13.1 Å². The number of H-pyrrole nitrogens is 1. The van der Waals surface area contributed by atoms with Gasteiger partial charge in [-0.05, 0) is 18.1 Å². The number of nitrogens with zero attached hydrogens (tertiary/aromatic N) is 1. The largest absolute Gasteiger partial charge is 0.386 e. The predicted octanol–water partition coefficient (Wildman–Crippen LogP) is 1.25. The highest BCUT2D eigenvalue weighted by Gasteiger charge is 2.57. The maximum Gasteiger partial charge on any atom is 0.330 e. The van der Waals surface area contributed by atoms with Gasteiger partial charge in [0, 0.05) is 11.8 Å². The SMILES string of the molecule is Cc1cn([C@H]2O[C@@](COCc3ccccc3)(COS(C)(=O)=O)[C@@H](OCc3ccccc3)[C@H]2O)c(=O)[nH]c1=O. The Morgan fingerprint density at radius 1 is 1.00 bits per heavy atom. The molecule has 0 bridgehead atoms. The van der Waals surface area contributed by atoms with Crippen molar-refractivity contribution >= 4 is 10.1 Å². The van der Waals surface area contributed by atoms with Crippen molar-refractivity contribution < 1.29 is 31.9 Å². The van der Waals surface area contributed by atoms with E-state index in [4.69, 9.17) is 18.4 Å². The first-order valence-electron chi connectivity index (χ1n) is 11.9. The Balaban J connectivity index is 1.70. The molecule has 11 nitrogen and oxygen atoms in total. The molecule has 2 heterocycles. The third-order valence-electron chi connectivity index (χ3n) is 6.14. The zero-order valence-electron chi connectivity index (χ0n) is 21.0. The fourth-order valence-corrected chi connectivity index (χ4v) is 4.66. The molecule has 2 N–H and O–H groups in total. The Hall–Kier alpha value is -3.13. The third kappa shape index (κ3) is 6.65. The average molecular weight is 547 g/mol. The number of aliphatic hydroxyl groups is 1. The molecule has 4 atom stereocenters. The molecule has 12 heteroatoms. The second-order valence-electron chi connectivity index (χ2n) is 9.20. The lowest BCUT2D eigenvalue weighted by Crippen LogP contribution is -2.52. The summed E-state index contributed by atoms with van der Waals surface area (Å²) in [7, 11) is -3.93. The molecule has 2 aromatic carbocycles. The maximum absolute atomic E-state index is 12.7. The highest BCUT2D eigenvalue weighted by atomic mass is 32.2. The van der Waals surface area contributed by atoms with Crippen LogP contribution in [0.5, 0.6) is 0 Å². The van der Waals surface area contributed by atoms with Crippen LogP contribution in [-0.2, 0) is 41.7 Å². The van der Waals surface area contributed by atoms with Crippen LogP contribution in [-0.4, -0.2) is 60.4 Å². The molecule has 0 radical (unpaired) electrons. The molecule has 0 saturated carbocycles. The van der Waals surface area contributed by atoms with Crippen molar-refractivity contribution in [2.45, 2.75) is 44.2 Å². The van der Waals surface area contributed by atoms with Crippen molar-refractivity contribution in [3.05, 3.63) is 104 Å². The lowest BCUT2D eigenvalue weighted by molar-refractivity contribution is -0.171. The molecule has 4 rings (SSSR count). The summed E-state index contributed by atoms with van der Waals surface area (Å²) in [6.07, 6.45) is -1.80. The number of aromatic nitrogens is 2. The highest BCUT2D eigenvalue weighted by Crippen LogP contribution is 2.40. The Bertz CT molecular complexity index is 1440. The number of nitrogens with one attached hydrogen (secondary N) is 1. The van der Waals surface area contributed by atoms with Crippen LogP contribution in [0.1, 0.15) is 22.9 Å². The van der Waals surface area contributed by atoms with Crippen molar-refractivity contribution in [2.24, 2.45) is 0 Å². The molecular formula is C26H30N2O9S. The van der Waals surface area contributed by atoms with Crippen molar-refractivity contribution in [3.63, 3.8) is 0 Å². The minimum atomic E-state index is -3.93. The van der Waals surface area contributed by atoms with Gasteiger partial charge >= 0.3 is 5.69 Å². The maximum atomic E-state index is 12.7. The van der Waals surface area contributed by atoms with E-state index in [0.717, 1.165) is 21.9 Å². The van der Waals surface area contributed by atoms with Gasteiger partial charge in [-0.15, -0.1) is 0 Å². The highest BCUT2D eigenvalue weighted by molar-refractivity contribution is 7.85. The average Bonchev–Trinajstić information content (AvgIpc) is 3.16. The Kier molecular flexibility index (Phi) is 8.61. The monoisotopic (exact) mass is 546 g/mol. The zero-order valence-corrected chi connectivity index (χ0v) is 21.8. The van der Waals surface area contributed by atoms with E-state index >= 15 is 0 Å². The van der Waals surface area contributed by atoms with Crippen LogP contribution in [0.15, 0.2) is 76.4 Å². The molecular weight excluding hydrogens is 516 g/mol. The summed E-state index contributed by atoms with van der Waals surface area (Å²) < 4.78 is 48.4. The first-order chi connectivity index (χ1) is 18.1. The number of aromatic amines is 1. The first kappa shape index (κ1) is 27.9. The summed E-state index contributed by atoms with van der Waals surface area (Å²) in [5.41, 5.74) is -1.16. The van der Waals surface area contributed by atoms with Gasteiger partial charge in [0.1, 0.15) is 24.4 Å². The van der Waals surface area contributed by atoms with Gasteiger partial charge in [0.05, 0.1) is 26.1 Å². The third-order valence-corrected chi connectivity index (χ3v) is 6.69. The molecule has 0 spiro atoms. The van der Waals surface area contributed by atoms with Gasteiger partial charge in [-0.2, -0.15) is 8.42 Å². The second kappa shape index (κ2) is 11.7. The fraction of sp³-hybridized carbons (Fsp3) is 0.385. The standard InChI is InChI=1S/C26H30N2O9S/c1-18-13-28(25(31)27-23(18)30)24-21(29)22(35-15-20-11-7-4-8-12-20)26(37-24,17-36-38(2,32)33)16-34-14-19-9-5-3-6-10-19/h3-13,21-22,24,29H,14-17H2,1-2H3,(H,27,30,31)/t21-,22+,24+,26+/m1/s1. The van der Waals surface area contributed by atoms with E-state index in [1.54, 1.807) is 0 Å². The van der Waals surface area contributed by atoms with Crippen LogP contribution >= 0.6 is 0 Å². The summed E-state index contributed by atoms with van der Waals surface area (Å²) in [6.45, 7) is 0.931. The number of rotatable bonds is 11. The molecule has 0 unspecified atom stereocenters. The minimum absolute atomic E-state index is 0.0531. The van der Waals surface area contributed by atoms with Gasteiger partial charge in [0.2, 0.25) is 0 Å². The van der Waals surface area contributed by atoms with E-state index in [9.17, 15) is 23.1 Å². The van der Waals surface area contributed by atoms with E-state index in [0.29, 0.717) is 0 Å². The predicted molar refractivity (Wildman–Crippen MR) is 137 cm³/mol. The van der Waals surface area contributed by atoms with Gasteiger partial charge < -0.3 is 19.3 Å². The quantitative estimate of drug-likeness (QED) is 0.339. The van der Waals surface area contributed by atoms with Crippen molar-refractivity contribution in [3.8, 4) is 0 Å². The van der Waals surface area contributed by atoms with Gasteiger partial charge in [-0.3, -0.25) is 18.5 Å². The summed E-state index contributed by atoms with van der Waals surface area (Å²) >= 11 is 0. The Morgan fingerprint density at radius 3 is 2.21 bits per heavy atom. The van der Waals surface area contributed by atoms with Gasteiger partial charge in [0.25, 0.3) is 15.7 Å². The van der Waals surface area contributed by atoms with Gasteiger partial charge in [-0.1, -0.05) is 60.7 Å². The molecule has 0 amide bonds. The van der Waals surface area contributed by atoms with Crippen LogP contribution in [0.25, 0.3) is 0 Å². The van der Waals surface area contributed by atoms with Crippen LogP contribution in [0.4, 0.5) is 0 Å².